The van der Waals surface area contributed by atoms with E-state index in [0.29, 0.717) is 10.7 Å². The molecule has 0 bridgehead atoms. The van der Waals surface area contributed by atoms with Crippen molar-refractivity contribution in [2.45, 2.75) is 20.8 Å². The minimum Gasteiger partial charge on any atom is -0.314 e. The fraction of sp³-hybridized carbons (Fsp3) is 0.250. The molecule has 0 spiro atoms. The van der Waals surface area contributed by atoms with E-state index in [-0.39, 0.29) is 6.03 Å². The number of carbonyl (C=O) groups excluding carboxylic acids is 1. The predicted molar refractivity (Wildman–Crippen MR) is 67.8 cm³/mol. The summed E-state index contributed by atoms with van der Waals surface area (Å²) in [4.78, 5) is 11.5. The van der Waals surface area contributed by atoms with Crippen LogP contribution in [0.25, 0.3) is 0 Å². The highest BCUT2D eigenvalue weighted by Crippen LogP contribution is 2.22. The van der Waals surface area contributed by atoms with Crippen LogP contribution < -0.4 is 10.6 Å². The summed E-state index contributed by atoms with van der Waals surface area (Å²) < 4.78 is 0. The zero-order valence-corrected chi connectivity index (χ0v) is 10.4. The first-order valence-electron chi connectivity index (χ1n) is 4.96. The molecule has 0 aliphatic rings. The zero-order chi connectivity index (χ0) is 12.1. The topological polar surface area (TPSA) is 41.1 Å². The average Bonchev–Trinajstić information content (AvgIpc) is 2.22. The summed E-state index contributed by atoms with van der Waals surface area (Å²) in [6.07, 6.45) is 1.65. The molecule has 4 heteroatoms. The number of amides is 2. The van der Waals surface area contributed by atoms with E-state index in [0.717, 1.165) is 11.1 Å². The Morgan fingerprint density at radius 3 is 2.69 bits per heavy atom. The monoisotopic (exact) mass is 238 g/mol. The SMILES string of the molecule is CC(C)=CNC(=O)Nc1cccc(Cl)c1C. The highest BCUT2D eigenvalue weighted by Gasteiger charge is 2.04. The third kappa shape index (κ3) is 3.59. The second-order valence-corrected chi connectivity index (χ2v) is 4.14. The van der Waals surface area contributed by atoms with Crippen LogP contribution in [-0.2, 0) is 0 Å². The largest absolute Gasteiger partial charge is 0.323 e. The molecule has 3 nitrogen and oxygen atoms in total. The predicted octanol–water partition coefficient (Wildman–Crippen LogP) is 3.69. The number of anilines is 1. The van der Waals surface area contributed by atoms with Crippen LogP contribution in [0, 0.1) is 6.92 Å². The molecule has 0 heterocycles. The molecular weight excluding hydrogens is 224 g/mol. The van der Waals surface area contributed by atoms with E-state index in [1.165, 1.54) is 0 Å². The lowest BCUT2D eigenvalue weighted by atomic mass is 10.2. The number of allylic oxidation sites excluding steroid dienone is 1. The molecule has 0 aliphatic heterocycles. The second-order valence-electron chi connectivity index (χ2n) is 3.73. The van der Waals surface area contributed by atoms with Gasteiger partial charge in [0.1, 0.15) is 0 Å². The number of carbonyl (C=O) groups is 1. The average molecular weight is 239 g/mol. The summed E-state index contributed by atoms with van der Waals surface area (Å²) in [5.74, 6) is 0. The summed E-state index contributed by atoms with van der Waals surface area (Å²) >= 11 is 5.94. The van der Waals surface area contributed by atoms with Gasteiger partial charge >= 0.3 is 6.03 Å². The van der Waals surface area contributed by atoms with Crippen molar-refractivity contribution in [3.8, 4) is 0 Å². The molecule has 2 amide bonds. The van der Waals surface area contributed by atoms with Crippen LogP contribution in [0.5, 0.6) is 0 Å². The van der Waals surface area contributed by atoms with Crippen molar-refractivity contribution in [1.82, 2.24) is 5.32 Å². The van der Waals surface area contributed by atoms with E-state index >= 15 is 0 Å². The first-order chi connectivity index (χ1) is 7.50. The Kier molecular flexibility index (Phi) is 4.38. The highest BCUT2D eigenvalue weighted by atomic mass is 35.5. The van der Waals surface area contributed by atoms with Crippen molar-refractivity contribution in [2.24, 2.45) is 0 Å². The van der Waals surface area contributed by atoms with Crippen LogP contribution in [-0.4, -0.2) is 6.03 Å². The first kappa shape index (κ1) is 12.6. The molecule has 0 fully saturated rings. The third-order valence-corrected chi connectivity index (χ3v) is 2.42. The maximum Gasteiger partial charge on any atom is 0.323 e. The minimum absolute atomic E-state index is 0.272. The van der Waals surface area contributed by atoms with Crippen LogP contribution in [0.3, 0.4) is 0 Å². The molecule has 0 unspecified atom stereocenters. The lowest BCUT2D eigenvalue weighted by Gasteiger charge is -2.09. The van der Waals surface area contributed by atoms with Gasteiger partial charge in [-0.1, -0.05) is 23.2 Å². The van der Waals surface area contributed by atoms with Gasteiger partial charge in [0.25, 0.3) is 0 Å². The standard InChI is InChI=1S/C12H15ClN2O/c1-8(2)7-14-12(16)15-11-6-4-5-10(13)9(11)3/h4-7H,1-3H3,(H2,14,15,16). The van der Waals surface area contributed by atoms with E-state index in [9.17, 15) is 4.79 Å². The number of halogens is 1. The van der Waals surface area contributed by atoms with E-state index in [4.69, 9.17) is 11.6 Å². The van der Waals surface area contributed by atoms with Crippen molar-refractivity contribution in [1.29, 1.82) is 0 Å². The summed E-state index contributed by atoms with van der Waals surface area (Å²) in [5, 5.41) is 5.99. The minimum atomic E-state index is -0.272. The molecule has 0 saturated heterocycles. The molecular formula is C12H15ClN2O. The lowest BCUT2D eigenvalue weighted by molar-refractivity contribution is 0.255. The molecule has 1 aromatic carbocycles. The van der Waals surface area contributed by atoms with E-state index in [1.807, 2.05) is 26.8 Å². The number of nitrogens with one attached hydrogen (secondary N) is 2. The van der Waals surface area contributed by atoms with Crippen LogP contribution in [0.4, 0.5) is 10.5 Å². The number of hydrogen-bond acceptors (Lipinski definition) is 1. The van der Waals surface area contributed by atoms with Gasteiger partial charge in [-0.2, -0.15) is 0 Å². The molecule has 16 heavy (non-hydrogen) atoms. The van der Waals surface area contributed by atoms with Crippen LogP contribution >= 0.6 is 11.6 Å². The molecule has 1 rings (SSSR count). The molecule has 0 radical (unpaired) electrons. The van der Waals surface area contributed by atoms with Gasteiger partial charge < -0.3 is 10.6 Å². The Hall–Kier alpha value is -1.48. The van der Waals surface area contributed by atoms with Gasteiger partial charge in [0.15, 0.2) is 0 Å². The molecule has 2 N–H and O–H groups in total. The molecule has 1 aromatic rings. The Balaban J connectivity index is 2.70. The van der Waals surface area contributed by atoms with Crippen molar-refractivity contribution in [3.05, 3.63) is 40.6 Å². The molecule has 0 saturated carbocycles. The van der Waals surface area contributed by atoms with Gasteiger partial charge in [0.2, 0.25) is 0 Å². The maximum absolute atomic E-state index is 11.5. The van der Waals surface area contributed by atoms with Gasteiger partial charge in [-0.25, -0.2) is 4.79 Å². The number of benzene rings is 1. The molecule has 0 atom stereocenters. The summed E-state index contributed by atoms with van der Waals surface area (Å²) in [7, 11) is 0. The van der Waals surface area contributed by atoms with Crippen LogP contribution in [0.15, 0.2) is 30.0 Å². The molecule has 0 aliphatic carbocycles. The Labute approximate surface area is 100 Å². The van der Waals surface area contributed by atoms with Gasteiger partial charge in [0, 0.05) is 16.9 Å². The van der Waals surface area contributed by atoms with E-state index in [1.54, 1.807) is 18.3 Å². The zero-order valence-electron chi connectivity index (χ0n) is 9.60. The molecule has 0 aromatic heterocycles. The number of hydrogen-bond donors (Lipinski definition) is 2. The highest BCUT2D eigenvalue weighted by molar-refractivity contribution is 6.31. The Bertz CT molecular complexity index is 423. The number of urea groups is 1. The van der Waals surface area contributed by atoms with Crippen molar-refractivity contribution < 1.29 is 4.79 Å². The second kappa shape index (κ2) is 5.56. The summed E-state index contributed by atoms with van der Waals surface area (Å²) in [5.41, 5.74) is 2.60. The van der Waals surface area contributed by atoms with Gasteiger partial charge in [-0.3, -0.25) is 0 Å². The van der Waals surface area contributed by atoms with Crippen molar-refractivity contribution in [2.75, 3.05) is 5.32 Å². The van der Waals surface area contributed by atoms with E-state index in [2.05, 4.69) is 10.6 Å². The Morgan fingerprint density at radius 2 is 2.06 bits per heavy atom. The van der Waals surface area contributed by atoms with E-state index < -0.39 is 0 Å². The van der Waals surface area contributed by atoms with Crippen LogP contribution in [0.1, 0.15) is 19.4 Å². The quantitative estimate of drug-likeness (QED) is 0.811. The summed E-state index contributed by atoms with van der Waals surface area (Å²) in [6, 6.07) is 5.12. The number of rotatable bonds is 2. The Morgan fingerprint density at radius 1 is 1.38 bits per heavy atom. The smallest absolute Gasteiger partial charge is 0.314 e. The van der Waals surface area contributed by atoms with Gasteiger partial charge in [-0.05, 0) is 38.5 Å². The third-order valence-electron chi connectivity index (χ3n) is 2.01. The van der Waals surface area contributed by atoms with Crippen LogP contribution in [0.2, 0.25) is 5.02 Å². The summed E-state index contributed by atoms with van der Waals surface area (Å²) in [6.45, 7) is 5.68. The van der Waals surface area contributed by atoms with Crippen molar-refractivity contribution in [3.63, 3.8) is 0 Å². The maximum atomic E-state index is 11.5. The van der Waals surface area contributed by atoms with Crippen molar-refractivity contribution >= 4 is 23.3 Å². The van der Waals surface area contributed by atoms with Gasteiger partial charge in [-0.15, -0.1) is 0 Å². The molecule has 86 valence electrons. The first-order valence-corrected chi connectivity index (χ1v) is 5.34. The lowest BCUT2D eigenvalue weighted by Crippen LogP contribution is -2.24. The fourth-order valence-electron chi connectivity index (χ4n) is 1.11. The van der Waals surface area contributed by atoms with Gasteiger partial charge in [0.05, 0.1) is 0 Å². The normalized spacial score (nSPS) is 9.50. The fourth-order valence-corrected chi connectivity index (χ4v) is 1.29.